The van der Waals surface area contributed by atoms with Crippen molar-refractivity contribution in [1.29, 1.82) is 0 Å². The van der Waals surface area contributed by atoms with Crippen molar-refractivity contribution in [2.24, 2.45) is 5.14 Å². The highest BCUT2D eigenvalue weighted by molar-refractivity contribution is 8.13. The molecule has 0 aliphatic heterocycles. The number of esters is 1. The van der Waals surface area contributed by atoms with Gasteiger partial charge in [-0.05, 0) is 54.3 Å². The van der Waals surface area contributed by atoms with Gasteiger partial charge in [0.15, 0.2) is 0 Å². The number of nitrogens with two attached hydrogens (primary N) is 1. The average Bonchev–Trinajstić information content (AvgIpc) is 2.45. The summed E-state index contributed by atoms with van der Waals surface area (Å²) in [7, 11) is -0.358. The van der Waals surface area contributed by atoms with E-state index in [4.69, 9.17) is 9.88 Å². The van der Waals surface area contributed by atoms with E-state index in [1.54, 1.807) is 13.0 Å². The maximum absolute atomic E-state index is 11.7. The molecule has 2 N–H and O–H groups in total. The quantitative estimate of drug-likeness (QED) is 0.690. The van der Waals surface area contributed by atoms with Crippen LogP contribution in [0.25, 0.3) is 10.8 Å². The molecule has 0 aliphatic carbocycles. The van der Waals surface area contributed by atoms with Crippen LogP contribution in [0.15, 0.2) is 41.3 Å². The Kier molecular flexibility index (Phi) is 4.35. The molecule has 2 rings (SSSR count). The van der Waals surface area contributed by atoms with E-state index in [-0.39, 0.29) is 16.6 Å². The highest BCUT2D eigenvalue weighted by atomic mass is 32.2. The summed E-state index contributed by atoms with van der Waals surface area (Å²) in [5.41, 5.74) is 0.573. The van der Waals surface area contributed by atoms with Crippen LogP contribution in [0.1, 0.15) is 24.2 Å². The van der Waals surface area contributed by atoms with Crippen LogP contribution in [0.3, 0.4) is 0 Å². The second kappa shape index (κ2) is 5.99. The minimum absolute atomic E-state index is 0.288. The Balaban J connectivity index is 2.48. The first-order valence-electron chi connectivity index (χ1n) is 6.13. The van der Waals surface area contributed by atoms with Crippen LogP contribution in [0.2, 0.25) is 0 Å². The summed E-state index contributed by atoms with van der Waals surface area (Å²) in [6, 6.07) is 11.6. The Labute approximate surface area is 115 Å². The summed E-state index contributed by atoms with van der Waals surface area (Å²) < 4.78 is 5.01. The first-order chi connectivity index (χ1) is 9.15. The number of fused-ring (bicyclic) bond motifs is 1. The van der Waals surface area contributed by atoms with Gasteiger partial charge >= 0.3 is 5.97 Å². The molecule has 1 atom stereocenters. The summed E-state index contributed by atoms with van der Waals surface area (Å²) in [6.07, 6.45) is 0. The maximum Gasteiger partial charge on any atom is 0.338 e. The zero-order valence-electron chi connectivity index (χ0n) is 11.1. The molecule has 0 fully saturated rings. The van der Waals surface area contributed by atoms with Crippen LogP contribution in [0, 0.1) is 0 Å². The summed E-state index contributed by atoms with van der Waals surface area (Å²) >= 11 is 0. The lowest BCUT2D eigenvalue weighted by atomic mass is 10.1. The minimum atomic E-state index is -0.358. The molecule has 0 heterocycles. The third kappa shape index (κ3) is 3.03. The van der Waals surface area contributed by atoms with Crippen LogP contribution in [-0.4, -0.2) is 17.9 Å². The number of hydrogen-bond acceptors (Lipinski definition) is 3. The van der Waals surface area contributed by atoms with Crippen LogP contribution >= 0.6 is 10.7 Å². The van der Waals surface area contributed by atoms with Gasteiger partial charge in [-0.1, -0.05) is 22.8 Å². The normalized spacial score (nSPS) is 12.6. The van der Waals surface area contributed by atoms with Gasteiger partial charge in [-0.15, -0.1) is 0 Å². The van der Waals surface area contributed by atoms with Gasteiger partial charge in [-0.3, -0.25) is 5.14 Å². The number of carbonyl (C=O) groups is 1. The second-order valence-corrected chi connectivity index (χ2v) is 5.74. The Bertz CT molecular complexity index is 650. The first-order valence-corrected chi connectivity index (χ1v) is 7.48. The first kappa shape index (κ1) is 13.8. The molecule has 0 aromatic heterocycles. The van der Waals surface area contributed by atoms with Crippen molar-refractivity contribution in [3.05, 3.63) is 42.0 Å². The molecular formula is C15H17NO2S. The van der Waals surface area contributed by atoms with Gasteiger partial charge in [0, 0.05) is 4.90 Å². The monoisotopic (exact) mass is 275 g/mol. The van der Waals surface area contributed by atoms with Gasteiger partial charge in [0.2, 0.25) is 0 Å². The lowest BCUT2D eigenvalue weighted by Crippen LogP contribution is -2.04. The summed E-state index contributed by atoms with van der Waals surface area (Å²) in [5.74, 6) is -0.288. The molecule has 0 aliphatic rings. The largest absolute Gasteiger partial charge is 0.462 e. The van der Waals surface area contributed by atoms with Crippen molar-refractivity contribution in [3.8, 4) is 0 Å². The van der Waals surface area contributed by atoms with Crippen LogP contribution in [0.5, 0.6) is 0 Å². The van der Waals surface area contributed by atoms with E-state index in [1.807, 2.05) is 42.6 Å². The zero-order chi connectivity index (χ0) is 13.8. The van der Waals surface area contributed by atoms with Crippen LogP contribution in [0.4, 0.5) is 0 Å². The van der Waals surface area contributed by atoms with Crippen molar-refractivity contribution in [2.75, 3.05) is 6.61 Å². The molecule has 100 valence electrons. The van der Waals surface area contributed by atoms with E-state index >= 15 is 0 Å². The Morgan fingerprint density at radius 3 is 2.68 bits per heavy atom. The maximum atomic E-state index is 11.7. The van der Waals surface area contributed by atoms with E-state index < -0.39 is 0 Å². The fraction of sp³-hybridized carbons (Fsp3) is 0.200. The molecule has 2 aromatic rings. The number of rotatable bonds is 3. The lowest BCUT2D eigenvalue weighted by Gasteiger charge is -2.07. The van der Waals surface area contributed by atoms with Gasteiger partial charge in [0.25, 0.3) is 0 Å². The molecule has 2 aromatic carbocycles. The standard InChI is InChI=1S/C15H17NO2S/c1-3-18-15(17)12-6-5-11-7-8-14(19(16)4-2)10-13(11)9-12/h4-10H,3,16H2,1-2H3. The molecule has 1 unspecified atom stereocenters. The fourth-order valence-electron chi connectivity index (χ4n) is 1.85. The minimum Gasteiger partial charge on any atom is -0.462 e. The molecule has 0 saturated heterocycles. The third-order valence-electron chi connectivity index (χ3n) is 2.85. The fourth-order valence-corrected chi connectivity index (χ4v) is 2.61. The van der Waals surface area contributed by atoms with Gasteiger partial charge in [0.05, 0.1) is 12.2 Å². The van der Waals surface area contributed by atoms with Crippen molar-refractivity contribution >= 4 is 32.8 Å². The van der Waals surface area contributed by atoms with Crippen molar-refractivity contribution in [3.63, 3.8) is 0 Å². The highest BCUT2D eigenvalue weighted by Gasteiger charge is 2.07. The summed E-state index contributed by atoms with van der Waals surface area (Å²) in [4.78, 5) is 12.8. The SMILES string of the molecule is C/C=S(/N)c1ccc2ccc(C(=O)OCC)cc2c1. The molecular weight excluding hydrogens is 258 g/mol. The molecule has 0 spiro atoms. The number of hydrogen-bond donors (Lipinski definition) is 1. The average molecular weight is 275 g/mol. The van der Waals surface area contributed by atoms with Crippen molar-refractivity contribution in [1.82, 2.24) is 0 Å². The Morgan fingerprint density at radius 2 is 2.00 bits per heavy atom. The zero-order valence-corrected chi connectivity index (χ0v) is 11.9. The van der Waals surface area contributed by atoms with Gasteiger partial charge in [-0.25, -0.2) is 4.79 Å². The van der Waals surface area contributed by atoms with E-state index in [1.165, 1.54) is 0 Å². The number of carbonyl (C=O) groups excluding carboxylic acids is 1. The van der Waals surface area contributed by atoms with Gasteiger partial charge in [-0.2, -0.15) is 0 Å². The summed E-state index contributed by atoms with van der Waals surface area (Å²) in [5, 5.41) is 10.1. The molecule has 19 heavy (non-hydrogen) atoms. The highest BCUT2D eigenvalue weighted by Crippen LogP contribution is 2.25. The van der Waals surface area contributed by atoms with E-state index in [0.717, 1.165) is 15.7 Å². The van der Waals surface area contributed by atoms with E-state index in [0.29, 0.717) is 12.2 Å². The third-order valence-corrected chi connectivity index (χ3v) is 4.16. The van der Waals surface area contributed by atoms with Crippen molar-refractivity contribution < 1.29 is 9.53 Å². The van der Waals surface area contributed by atoms with Gasteiger partial charge < -0.3 is 4.74 Å². The van der Waals surface area contributed by atoms with E-state index in [2.05, 4.69) is 0 Å². The smallest absolute Gasteiger partial charge is 0.338 e. The molecule has 0 amide bonds. The summed E-state index contributed by atoms with van der Waals surface area (Å²) in [6.45, 7) is 4.13. The molecule has 3 nitrogen and oxygen atoms in total. The van der Waals surface area contributed by atoms with Crippen molar-refractivity contribution in [2.45, 2.75) is 18.7 Å². The van der Waals surface area contributed by atoms with E-state index in [9.17, 15) is 4.79 Å². The van der Waals surface area contributed by atoms with Crippen LogP contribution < -0.4 is 5.14 Å². The van der Waals surface area contributed by atoms with Crippen LogP contribution in [-0.2, 0) is 4.74 Å². The number of ether oxygens (including phenoxy) is 1. The predicted molar refractivity (Wildman–Crippen MR) is 81.7 cm³/mol. The lowest BCUT2D eigenvalue weighted by molar-refractivity contribution is 0.0526. The Hall–Kier alpha value is -1.65. The topological polar surface area (TPSA) is 52.3 Å². The predicted octanol–water partition coefficient (Wildman–Crippen LogP) is 3.34. The molecule has 0 radical (unpaired) electrons. The Morgan fingerprint density at radius 1 is 1.26 bits per heavy atom. The molecule has 4 heteroatoms. The number of benzene rings is 2. The molecule has 0 saturated carbocycles. The molecule has 0 bridgehead atoms. The second-order valence-electron chi connectivity index (χ2n) is 4.05. The van der Waals surface area contributed by atoms with Gasteiger partial charge in [0.1, 0.15) is 0 Å².